The van der Waals surface area contributed by atoms with Crippen LogP contribution in [0.5, 0.6) is 5.75 Å². The summed E-state index contributed by atoms with van der Waals surface area (Å²) >= 11 is 4.18. The predicted molar refractivity (Wildman–Crippen MR) is 90.1 cm³/mol. The minimum atomic E-state index is -0.00370. The Morgan fingerprint density at radius 2 is 2.00 bits per heavy atom. The van der Waals surface area contributed by atoms with Crippen molar-refractivity contribution in [3.63, 3.8) is 0 Å². The molecule has 0 bridgehead atoms. The van der Waals surface area contributed by atoms with Crippen LogP contribution in [0.3, 0.4) is 0 Å². The second-order valence-corrected chi connectivity index (χ2v) is 5.82. The van der Waals surface area contributed by atoms with Gasteiger partial charge in [-0.1, -0.05) is 32.0 Å². The van der Waals surface area contributed by atoms with Gasteiger partial charge < -0.3 is 9.30 Å². The van der Waals surface area contributed by atoms with Gasteiger partial charge in [-0.15, -0.1) is 0 Å². The molecule has 21 heavy (non-hydrogen) atoms. The van der Waals surface area contributed by atoms with Gasteiger partial charge in [-0.2, -0.15) is 12.6 Å². The van der Waals surface area contributed by atoms with Gasteiger partial charge in [-0.3, -0.25) is 4.79 Å². The molecule has 1 aromatic heterocycles. The average molecular weight is 303 g/mol. The molecule has 0 saturated carbocycles. The summed E-state index contributed by atoms with van der Waals surface area (Å²) in [4.78, 5) is 12.2. The van der Waals surface area contributed by atoms with Crippen molar-refractivity contribution in [1.29, 1.82) is 0 Å². The Hall–Kier alpha value is -1.68. The first kappa shape index (κ1) is 15.7. The van der Waals surface area contributed by atoms with Gasteiger partial charge in [0.2, 0.25) is 0 Å². The highest BCUT2D eigenvalue weighted by Gasteiger charge is 2.08. The van der Waals surface area contributed by atoms with E-state index in [1.54, 1.807) is 11.6 Å². The molecule has 2 aromatic rings. The van der Waals surface area contributed by atoms with Gasteiger partial charge in [0.15, 0.2) is 0 Å². The maximum atomic E-state index is 12.2. The summed E-state index contributed by atoms with van der Waals surface area (Å²) in [5.74, 6) is 1.75. The number of thiol groups is 1. The number of hydrogen-bond acceptors (Lipinski definition) is 3. The molecule has 0 saturated heterocycles. The van der Waals surface area contributed by atoms with E-state index in [1.165, 1.54) is 0 Å². The van der Waals surface area contributed by atoms with Crippen LogP contribution in [-0.4, -0.2) is 11.2 Å². The van der Waals surface area contributed by atoms with Crippen molar-refractivity contribution in [1.82, 2.24) is 4.57 Å². The molecule has 0 spiro atoms. The van der Waals surface area contributed by atoms with Crippen molar-refractivity contribution >= 4 is 12.6 Å². The van der Waals surface area contributed by atoms with Crippen LogP contribution in [0, 0.1) is 5.92 Å². The van der Waals surface area contributed by atoms with Crippen molar-refractivity contribution in [2.24, 2.45) is 13.0 Å². The van der Waals surface area contributed by atoms with Crippen molar-refractivity contribution in [3.05, 3.63) is 52.3 Å². The summed E-state index contributed by atoms with van der Waals surface area (Å²) in [6, 6.07) is 11.6. The molecule has 1 heterocycles. The van der Waals surface area contributed by atoms with Crippen LogP contribution in [0.15, 0.2) is 41.2 Å². The fourth-order valence-corrected chi connectivity index (χ4v) is 2.35. The molecule has 0 fully saturated rings. The highest BCUT2D eigenvalue weighted by Crippen LogP contribution is 2.23. The Kier molecular flexibility index (Phi) is 5.12. The maximum absolute atomic E-state index is 12.2. The Morgan fingerprint density at radius 1 is 1.24 bits per heavy atom. The highest BCUT2D eigenvalue weighted by molar-refractivity contribution is 7.79. The first-order valence-electron chi connectivity index (χ1n) is 7.06. The Labute approximate surface area is 131 Å². The van der Waals surface area contributed by atoms with Gasteiger partial charge in [0.05, 0.1) is 12.3 Å². The first-order chi connectivity index (χ1) is 10.0. The molecule has 0 aliphatic rings. The molecule has 0 unspecified atom stereocenters. The minimum Gasteiger partial charge on any atom is -0.493 e. The molecule has 0 aliphatic heterocycles. The Morgan fingerprint density at radius 3 is 2.67 bits per heavy atom. The zero-order valence-corrected chi connectivity index (χ0v) is 13.6. The van der Waals surface area contributed by atoms with E-state index < -0.39 is 0 Å². The predicted octanol–water partition coefficient (Wildman–Crippen LogP) is 3.52. The summed E-state index contributed by atoms with van der Waals surface area (Å²) in [5, 5.41) is 0. The first-order valence-corrected chi connectivity index (χ1v) is 7.69. The zero-order chi connectivity index (χ0) is 15.4. The Balaban J connectivity index is 2.36. The van der Waals surface area contributed by atoms with Crippen LogP contribution in [0.4, 0.5) is 0 Å². The largest absolute Gasteiger partial charge is 0.493 e. The monoisotopic (exact) mass is 303 g/mol. The SMILES string of the molecule is CC(C)COc1cccc(-c2ccc(CS)c(=O)n2C)c1. The molecular formula is C17H21NO2S. The summed E-state index contributed by atoms with van der Waals surface area (Å²) in [7, 11) is 1.78. The molecule has 4 heteroatoms. The quantitative estimate of drug-likeness (QED) is 0.857. The van der Waals surface area contributed by atoms with Gasteiger partial charge in [0, 0.05) is 23.9 Å². The van der Waals surface area contributed by atoms with Crippen molar-refractivity contribution in [2.45, 2.75) is 19.6 Å². The van der Waals surface area contributed by atoms with Gasteiger partial charge in [0.1, 0.15) is 5.75 Å². The lowest BCUT2D eigenvalue weighted by atomic mass is 10.1. The van der Waals surface area contributed by atoms with E-state index >= 15 is 0 Å². The molecule has 3 nitrogen and oxygen atoms in total. The fourth-order valence-electron chi connectivity index (χ4n) is 2.11. The fraction of sp³-hybridized carbons (Fsp3) is 0.353. The number of hydrogen-bond donors (Lipinski definition) is 1. The zero-order valence-electron chi connectivity index (χ0n) is 12.7. The lowest BCUT2D eigenvalue weighted by Crippen LogP contribution is -2.21. The lowest BCUT2D eigenvalue weighted by Gasteiger charge is -2.12. The third-order valence-electron chi connectivity index (χ3n) is 3.27. The van der Waals surface area contributed by atoms with Crippen LogP contribution in [0.2, 0.25) is 0 Å². The van der Waals surface area contributed by atoms with Gasteiger partial charge >= 0.3 is 0 Å². The highest BCUT2D eigenvalue weighted by atomic mass is 32.1. The smallest absolute Gasteiger partial charge is 0.254 e. The van der Waals surface area contributed by atoms with E-state index in [-0.39, 0.29) is 5.56 Å². The molecular weight excluding hydrogens is 282 g/mol. The maximum Gasteiger partial charge on any atom is 0.254 e. The van der Waals surface area contributed by atoms with Crippen molar-refractivity contribution in [2.75, 3.05) is 6.61 Å². The van der Waals surface area contributed by atoms with E-state index in [2.05, 4.69) is 26.5 Å². The summed E-state index contributed by atoms with van der Waals surface area (Å²) in [6.45, 7) is 4.91. The minimum absolute atomic E-state index is 0.00370. The summed E-state index contributed by atoms with van der Waals surface area (Å²) in [5.41, 5.74) is 2.55. The third-order valence-corrected chi connectivity index (χ3v) is 3.61. The van der Waals surface area contributed by atoms with Crippen molar-refractivity contribution in [3.8, 4) is 17.0 Å². The van der Waals surface area contributed by atoms with E-state index in [4.69, 9.17) is 4.74 Å². The molecule has 0 aliphatic carbocycles. The van der Waals surface area contributed by atoms with E-state index in [0.717, 1.165) is 17.0 Å². The van der Waals surface area contributed by atoms with Crippen LogP contribution in [0.1, 0.15) is 19.4 Å². The van der Waals surface area contributed by atoms with Gasteiger partial charge in [0.25, 0.3) is 5.56 Å². The van der Waals surface area contributed by atoms with Gasteiger partial charge in [-0.05, 0) is 24.1 Å². The molecule has 112 valence electrons. The molecule has 2 rings (SSSR count). The lowest BCUT2D eigenvalue weighted by molar-refractivity contribution is 0.271. The van der Waals surface area contributed by atoms with E-state index in [0.29, 0.717) is 23.8 Å². The third kappa shape index (κ3) is 3.70. The van der Waals surface area contributed by atoms with Crippen LogP contribution in [-0.2, 0) is 12.8 Å². The number of aromatic nitrogens is 1. The number of ether oxygens (including phenoxy) is 1. The topological polar surface area (TPSA) is 31.2 Å². The second kappa shape index (κ2) is 6.85. The van der Waals surface area contributed by atoms with Crippen LogP contribution >= 0.6 is 12.6 Å². The van der Waals surface area contributed by atoms with Crippen LogP contribution in [0.25, 0.3) is 11.3 Å². The number of pyridine rings is 1. The van der Waals surface area contributed by atoms with E-state index in [1.807, 2.05) is 36.4 Å². The van der Waals surface area contributed by atoms with Crippen molar-refractivity contribution < 1.29 is 4.74 Å². The molecule has 1 aromatic carbocycles. The Bertz CT molecular complexity index is 677. The average Bonchev–Trinajstić information content (AvgIpc) is 2.48. The number of nitrogens with zero attached hydrogens (tertiary/aromatic N) is 1. The molecule has 0 amide bonds. The number of benzene rings is 1. The molecule has 0 N–H and O–H groups in total. The number of rotatable bonds is 5. The van der Waals surface area contributed by atoms with Gasteiger partial charge in [-0.25, -0.2) is 0 Å². The second-order valence-electron chi connectivity index (χ2n) is 5.50. The standard InChI is InChI=1S/C17H21NO2S/c1-12(2)10-20-15-6-4-5-13(9-15)16-8-7-14(11-21)17(19)18(16)3/h4-9,12,21H,10-11H2,1-3H3. The summed E-state index contributed by atoms with van der Waals surface area (Å²) in [6.07, 6.45) is 0. The molecule has 0 radical (unpaired) electrons. The molecule has 0 atom stereocenters. The summed E-state index contributed by atoms with van der Waals surface area (Å²) < 4.78 is 7.40. The normalized spacial score (nSPS) is 10.9. The van der Waals surface area contributed by atoms with E-state index in [9.17, 15) is 4.79 Å². The van der Waals surface area contributed by atoms with Crippen LogP contribution < -0.4 is 10.3 Å².